The lowest BCUT2D eigenvalue weighted by Crippen LogP contribution is -2.12. The molecule has 4 aromatic rings. The topological polar surface area (TPSA) is 29.9 Å². The first-order valence-corrected chi connectivity index (χ1v) is 9.19. The number of rotatable bonds is 6. The summed E-state index contributed by atoms with van der Waals surface area (Å²) in [6.45, 7) is 1.86. The SMILES string of the molecule is Fc1cccc(Cl)c1Cn1cc(CNCc2cccnc2)c2ccccc21. The Bertz CT molecular complexity index is 1040. The summed E-state index contributed by atoms with van der Waals surface area (Å²) in [5, 5.41) is 5.06. The molecule has 0 aliphatic heterocycles. The molecule has 0 bridgehead atoms. The Hall–Kier alpha value is -2.69. The maximum absolute atomic E-state index is 14.2. The molecule has 2 aromatic carbocycles. The zero-order valence-electron chi connectivity index (χ0n) is 14.7. The summed E-state index contributed by atoms with van der Waals surface area (Å²) in [7, 11) is 0. The third-order valence-corrected chi connectivity index (χ3v) is 4.98. The summed E-state index contributed by atoms with van der Waals surface area (Å²) in [5.74, 6) is -0.281. The van der Waals surface area contributed by atoms with Crippen molar-refractivity contribution in [3.05, 3.63) is 101 Å². The Labute approximate surface area is 162 Å². The summed E-state index contributed by atoms with van der Waals surface area (Å²) < 4.78 is 16.3. The fraction of sp³-hybridized carbons (Fsp3) is 0.136. The van der Waals surface area contributed by atoms with Gasteiger partial charge < -0.3 is 9.88 Å². The van der Waals surface area contributed by atoms with Crippen molar-refractivity contribution in [1.82, 2.24) is 14.9 Å². The molecule has 0 amide bonds. The second kappa shape index (κ2) is 7.91. The average molecular weight is 380 g/mol. The van der Waals surface area contributed by atoms with Crippen molar-refractivity contribution in [2.45, 2.75) is 19.6 Å². The number of para-hydroxylation sites is 1. The molecule has 1 N–H and O–H groups in total. The van der Waals surface area contributed by atoms with Crippen molar-refractivity contribution in [2.24, 2.45) is 0 Å². The summed E-state index contributed by atoms with van der Waals surface area (Å²) in [4.78, 5) is 4.14. The van der Waals surface area contributed by atoms with Crippen molar-refractivity contribution >= 4 is 22.5 Å². The van der Waals surface area contributed by atoms with Gasteiger partial charge in [-0.3, -0.25) is 4.98 Å². The maximum atomic E-state index is 14.2. The molecule has 2 aromatic heterocycles. The van der Waals surface area contributed by atoms with Crippen molar-refractivity contribution in [3.8, 4) is 0 Å². The molecular weight excluding hydrogens is 361 g/mol. The zero-order chi connectivity index (χ0) is 18.6. The molecule has 0 saturated carbocycles. The number of hydrogen-bond acceptors (Lipinski definition) is 2. The molecule has 27 heavy (non-hydrogen) atoms. The summed E-state index contributed by atoms with van der Waals surface area (Å²) in [5.41, 5.74) is 3.88. The third kappa shape index (κ3) is 3.87. The van der Waals surface area contributed by atoms with Crippen LogP contribution in [-0.2, 0) is 19.6 Å². The van der Waals surface area contributed by atoms with Crippen molar-refractivity contribution in [2.75, 3.05) is 0 Å². The fourth-order valence-electron chi connectivity index (χ4n) is 3.29. The Balaban J connectivity index is 1.59. The van der Waals surface area contributed by atoms with Gasteiger partial charge in [0.15, 0.2) is 0 Å². The lowest BCUT2D eigenvalue weighted by atomic mass is 10.1. The second-order valence-corrected chi connectivity index (χ2v) is 6.87. The van der Waals surface area contributed by atoms with Crippen LogP contribution < -0.4 is 5.32 Å². The second-order valence-electron chi connectivity index (χ2n) is 6.46. The predicted molar refractivity (Wildman–Crippen MR) is 107 cm³/mol. The van der Waals surface area contributed by atoms with Gasteiger partial charge in [0.1, 0.15) is 5.82 Å². The minimum absolute atomic E-state index is 0.281. The maximum Gasteiger partial charge on any atom is 0.129 e. The highest BCUT2D eigenvalue weighted by Crippen LogP contribution is 2.26. The van der Waals surface area contributed by atoms with Crippen LogP contribution in [0.25, 0.3) is 10.9 Å². The monoisotopic (exact) mass is 379 g/mol. The highest BCUT2D eigenvalue weighted by molar-refractivity contribution is 6.31. The van der Waals surface area contributed by atoms with Crippen LogP contribution in [0.1, 0.15) is 16.7 Å². The molecule has 2 heterocycles. The van der Waals surface area contributed by atoms with Crippen LogP contribution in [-0.4, -0.2) is 9.55 Å². The van der Waals surface area contributed by atoms with Gasteiger partial charge in [0.05, 0.1) is 6.54 Å². The standard InChI is InChI=1S/C22H19ClFN3/c23-20-7-3-8-21(24)19(20)15-27-14-17(18-6-1-2-9-22(18)27)13-26-12-16-5-4-10-25-11-16/h1-11,14,26H,12-13,15H2. The van der Waals surface area contributed by atoms with Crippen molar-refractivity contribution in [1.29, 1.82) is 0 Å². The van der Waals surface area contributed by atoms with E-state index in [4.69, 9.17) is 11.6 Å². The number of nitrogens with one attached hydrogen (secondary N) is 1. The summed E-state index contributed by atoms with van der Waals surface area (Å²) >= 11 is 6.22. The number of hydrogen-bond donors (Lipinski definition) is 1. The summed E-state index contributed by atoms with van der Waals surface area (Å²) in [6, 6.07) is 16.9. The van der Waals surface area contributed by atoms with Crippen LogP contribution >= 0.6 is 11.6 Å². The molecule has 0 atom stereocenters. The zero-order valence-corrected chi connectivity index (χ0v) is 15.5. The van der Waals surface area contributed by atoms with Crippen molar-refractivity contribution < 1.29 is 4.39 Å². The van der Waals surface area contributed by atoms with Gasteiger partial charge in [-0.25, -0.2) is 4.39 Å². The molecular formula is C22H19ClFN3. The largest absolute Gasteiger partial charge is 0.343 e. The highest BCUT2D eigenvalue weighted by atomic mass is 35.5. The molecule has 0 aliphatic carbocycles. The van der Waals surface area contributed by atoms with Gasteiger partial charge in [-0.15, -0.1) is 0 Å². The molecule has 0 fully saturated rings. The Morgan fingerprint density at radius 2 is 1.89 bits per heavy atom. The van der Waals surface area contributed by atoms with E-state index < -0.39 is 0 Å². The predicted octanol–water partition coefficient (Wildman–Crippen LogP) is 5.17. The van der Waals surface area contributed by atoms with E-state index in [2.05, 4.69) is 33.2 Å². The normalized spacial score (nSPS) is 11.2. The van der Waals surface area contributed by atoms with Gasteiger partial charge in [-0.2, -0.15) is 0 Å². The molecule has 4 rings (SSSR count). The van der Waals surface area contributed by atoms with E-state index in [1.165, 1.54) is 11.6 Å². The van der Waals surface area contributed by atoms with E-state index >= 15 is 0 Å². The molecule has 0 spiro atoms. The lowest BCUT2D eigenvalue weighted by Gasteiger charge is -2.08. The van der Waals surface area contributed by atoms with E-state index in [1.54, 1.807) is 18.3 Å². The third-order valence-electron chi connectivity index (χ3n) is 4.63. The van der Waals surface area contributed by atoms with Gasteiger partial charge in [0.2, 0.25) is 0 Å². The van der Waals surface area contributed by atoms with E-state index in [1.807, 2.05) is 30.5 Å². The van der Waals surface area contributed by atoms with Gasteiger partial charge >= 0.3 is 0 Å². The van der Waals surface area contributed by atoms with Crippen molar-refractivity contribution in [3.63, 3.8) is 0 Å². The lowest BCUT2D eigenvalue weighted by molar-refractivity contribution is 0.601. The molecule has 136 valence electrons. The number of benzene rings is 2. The Morgan fingerprint density at radius 1 is 1.00 bits per heavy atom. The molecule has 0 saturated heterocycles. The quantitative estimate of drug-likeness (QED) is 0.501. The van der Waals surface area contributed by atoms with Crippen LogP contribution in [0.2, 0.25) is 5.02 Å². The number of fused-ring (bicyclic) bond motifs is 1. The number of pyridine rings is 1. The molecule has 0 aliphatic rings. The minimum atomic E-state index is -0.281. The first kappa shape index (κ1) is 17.7. The Kier molecular flexibility index (Phi) is 5.19. The van der Waals surface area contributed by atoms with Crippen LogP contribution in [0.15, 0.2) is 73.2 Å². The number of nitrogens with zero attached hydrogens (tertiary/aromatic N) is 2. The van der Waals surface area contributed by atoms with Gasteiger partial charge in [0, 0.05) is 53.2 Å². The van der Waals surface area contributed by atoms with E-state index in [0.717, 1.165) is 23.0 Å². The number of aromatic nitrogens is 2. The van der Waals surface area contributed by atoms with Gasteiger partial charge in [-0.05, 0) is 35.4 Å². The first-order chi connectivity index (χ1) is 13.2. The van der Waals surface area contributed by atoms with Gasteiger partial charge in [-0.1, -0.05) is 41.9 Å². The number of halogens is 2. The highest BCUT2D eigenvalue weighted by Gasteiger charge is 2.12. The van der Waals surface area contributed by atoms with E-state index in [-0.39, 0.29) is 5.82 Å². The fourth-order valence-corrected chi connectivity index (χ4v) is 3.52. The minimum Gasteiger partial charge on any atom is -0.343 e. The van der Waals surface area contributed by atoms with Crippen LogP contribution in [0.5, 0.6) is 0 Å². The van der Waals surface area contributed by atoms with Crippen LogP contribution in [0.3, 0.4) is 0 Å². The average Bonchev–Trinajstić information content (AvgIpc) is 3.04. The van der Waals surface area contributed by atoms with Crippen LogP contribution in [0.4, 0.5) is 4.39 Å². The smallest absolute Gasteiger partial charge is 0.129 e. The van der Waals surface area contributed by atoms with E-state index in [9.17, 15) is 4.39 Å². The summed E-state index contributed by atoms with van der Waals surface area (Å²) in [6.07, 6.45) is 5.70. The van der Waals surface area contributed by atoms with Gasteiger partial charge in [0.25, 0.3) is 0 Å². The van der Waals surface area contributed by atoms with Crippen LogP contribution in [0, 0.1) is 5.82 Å². The molecule has 5 heteroatoms. The first-order valence-electron chi connectivity index (χ1n) is 8.81. The molecule has 3 nitrogen and oxygen atoms in total. The Morgan fingerprint density at radius 3 is 2.70 bits per heavy atom. The molecule has 0 unspecified atom stereocenters. The molecule has 0 radical (unpaired) electrons. The van der Waals surface area contributed by atoms with E-state index in [0.29, 0.717) is 23.7 Å².